The number of H-pyrrole nitrogens is 1. The van der Waals surface area contributed by atoms with Gasteiger partial charge < -0.3 is 19.6 Å². The van der Waals surface area contributed by atoms with Crippen LogP contribution in [0, 0.1) is 5.92 Å². The summed E-state index contributed by atoms with van der Waals surface area (Å²) in [6, 6.07) is 14.5. The Bertz CT molecular complexity index is 1030. The second kappa shape index (κ2) is 8.13. The van der Waals surface area contributed by atoms with E-state index in [0.29, 0.717) is 42.0 Å². The first-order valence-electron chi connectivity index (χ1n) is 9.82. The monoisotopic (exact) mass is 396 g/mol. The summed E-state index contributed by atoms with van der Waals surface area (Å²) in [7, 11) is 0. The van der Waals surface area contributed by atoms with Crippen molar-refractivity contribution in [1.82, 2.24) is 10.3 Å². The minimum atomic E-state index is -0.913. The molecule has 1 fully saturated rings. The second-order valence-corrected chi connectivity index (χ2v) is 7.70. The van der Waals surface area contributed by atoms with E-state index in [0.717, 1.165) is 18.6 Å². The van der Waals surface area contributed by atoms with E-state index < -0.39 is 11.4 Å². The van der Waals surface area contributed by atoms with Crippen molar-refractivity contribution < 1.29 is 19.1 Å². The molecule has 1 aliphatic rings. The van der Waals surface area contributed by atoms with Crippen molar-refractivity contribution in [2.45, 2.75) is 31.3 Å². The fourth-order valence-corrected chi connectivity index (χ4v) is 3.72. The first kappa shape index (κ1) is 19.3. The summed E-state index contributed by atoms with van der Waals surface area (Å²) in [5.74, 6) is 0.388. The van der Waals surface area contributed by atoms with Crippen LogP contribution in [-0.4, -0.2) is 34.8 Å². The van der Waals surface area contributed by atoms with Gasteiger partial charge in [0.15, 0.2) is 5.58 Å². The average molecular weight is 396 g/mol. The molecular weight excluding hydrogens is 372 g/mol. The Morgan fingerprint density at radius 1 is 1.21 bits per heavy atom. The van der Waals surface area contributed by atoms with E-state index in [2.05, 4.69) is 10.3 Å². The third kappa shape index (κ3) is 4.68. The Labute approximate surface area is 167 Å². The van der Waals surface area contributed by atoms with Crippen LogP contribution in [0.3, 0.4) is 0 Å². The molecule has 0 bridgehead atoms. The topological polar surface area (TPSA) is 105 Å². The van der Waals surface area contributed by atoms with Gasteiger partial charge in [-0.3, -0.25) is 9.78 Å². The van der Waals surface area contributed by atoms with Crippen LogP contribution >= 0.6 is 0 Å². The predicted octanol–water partition coefficient (Wildman–Crippen LogP) is 2.85. The molecule has 0 saturated heterocycles. The molecule has 1 heterocycles. The molecule has 4 rings (SSSR count). The third-order valence-electron chi connectivity index (χ3n) is 5.53. The number of amides is 1. The van der Waals surface area contributed by atoms with E-state index in [1.807, 2.05) is 30.3 Å². The second-order valence-electron chi connectivity index (χ2n) is 7.70. The smallest absolute Gasteiger partial charge is 0.417 e. The quantitative estimate of drug-likeness (QED) is 0.594. The van der Waals surface area contributed by atoms with Gasteiger partial charge in [0.05, 0.1) is 17.7 Å². The molecule has 0 unspecified atom stereocenters. The summed E-state index contributed by atoms with van der Waals surface area (Å²) < 4.78 is 10.8. The lowest BCUT2D eigenvalue weighted by atomic mass is 9.79. The molecule has 152 valence electrons. The van der Waals surface area contributed by atoms with E-state index >= 15 is 0 Å². The van der Waals surface area contributed by atoms with Crippen molar-refractivity contribution in [3.05, 3.63) is 64.6 Å². The van der Waals surface area contributed by atoms with Gasteiger partial charge in [-0.15, -0.1) is 0 Å². The summed E-state index contributed by atoms with van der Waals surface area (Å²) in [6.45, 7) is 0.821. The summed E-state index contributed by atoms with van der Waals surface area (Å²) in [5, 5.41) is 13.6. The molecule has 1 aliphatic carbocycles. The highest BCUT2D eigenvalue weighted by molar-refractivity contribution is 5.97. The highest BCUT2D eigenvalue weighted by Gasteiger charge is 2.33. The van der Waals surface area contributed by atoms with Crippen molar-refractivity contribution in [3.63, 3.8) is 0 Å². The van der Waals surface area contributed by atoms with Crippen LogP contribution in [0.5, 0.6) is 5.75 Å². The number of hydrogen-bond donors (Lipinski definition) is 3. The van der Waals surface area contributed by atoms with Crippen LogP contribution in [0.1, 0.15) is 36.0 Å². The van der Waals surface area contributed by atoms with Gasteiger partial charge in [-0.25, -0.2) is 4.79 Å². The van der Waals surface area contributed by atoms with Gasteiger partial charge in [0.25, 0.3) is 5.91 Å². The molecule has 1 aromatic heterocycles. The Hall–Kier alpha value is -3.06. The molecule has 7 nitrogen and oxygen atoms in total. The number of ether oxygens (including phenoxy) is 1. The number of hydrogen-bond acceptors (Lipinski definition) is 5. The Kier molecular flexibility index (Phi) is 5.40. The normalized spacial score (nSPS) is 21.8. The third-order valence-corrected chi connectivity index (χ3v) is 5.53. The maximum atomic E-state index is 12.4. The maximum Gasteiger partial charge on any atom is 0.417 e. The number of fused-ring (bicyclic) bond motifs is 1. The number of oxazole rings is 1. The Morgan fingerprint density at radius 3 is 2.72 bits per heavy atom. The largest absolute Gasteiger partial charge is 0.493 e. The van der Waals surface area contributed by atoms with Gasteiger partial charge in [0, 0.05) is 12.1 Å². The van der Waals surface area contributed by atoms with Crippen molar-refractivity contribution in [2.24, 2.45) is 5.92 Å². The molecule has 0 atom stereocenters. The van der Waals surface area contributed by atoms with Crippen molar-refractivity contribution in [2.75, 3.05) is 13.2 Å². The van der Waals surface area contributed by atoms with Gasteiger partial charge in [-0.1, -0.05) is 18.2 Å². The van der Waals surface area contributed by atoms with Crippen molar-refractivity contribution in [3.8, 4) is 5.75 Å². The van der Waals surface area contributed by atoms with Gasteiger partial charge in [0.1, 0.15) is 5.75 Å². The minimum Gasteiger partial charge on any atom is -0.493 e. The molecular formula is C22H24N2O5. The lowest BCUT2D eigenvalue weighted by Crippen LogP contribution is -2.45. The predicted molar refractivity (Wildman–Crippen MR) is 108 cm³/mol. The number of aromatic nitrogens is 1. The summed E-state index contributed by atoms with van der Waals surface area (Å²) in [5.41, 5.74) is 0.347. The number of nitrogens with one attached hydrogen (secondary N) is 2. The molecule has 1 amide bonds. The number of para-hydroxylation sites is 1. The molecule has 0 radical (unpaired) electrons. The number of benzene rings is 2. The van der Waals surface area contributed by atoms with Crippen LogP contribution in [0.2, 0.25) is 0 Å². The molecule has 3 N–H and O–H groups in total. The molecule has 0 spiro atoms. The van der Waals surface area contributed by atoms with Gasteiger partial charge in [-0.2, -0.15) is 0 Å². The first-order chi connectivity index (χ1) is 14.0. The van der Waals surface area contributed by atoms with Gasteiger partial charge >= 0.3 is 5.76 Å². The Morgan fingerprint density at radius 2 is 1.97 bits per heavy atom. The Balaban J connectivity index is 1.27. The van der Waals surface area contributed by atoms with Crippen LogP contribution < -0.4 is 15.8 Å². The molecule has 2 aromatic carbocycles. The summed E-state index contributed by atoms with van der Waals surface area (Å²) >= 11 is 0. The SMILES string of the molecule is O=C(NC[C@]1(O)CC[C@@H](COc2ccccc2)CC1)c1ccc2[nH]c(=O)oc2c1. The number of rotatable bonds is 6. The van der Waals surface area contributed by atoms with E-state index in [4.69, 9.17) is 9.15 Å². The molecule has 1 saturated carbocycles. The highest BCUT2D eigenvalue weighted by Crippen LogP contribution is 2.32. The molecule has 0 aliphatic heterocycles. The van der Waals surface area contributed by atoms with E-state index in [9.17, 15) is 14.7 Å². The zero-order valence-electron chi connectivity index (χ0n) is 16.0. The maximum absolute atomic E-state index is 12.4. The van der Waals surface area contributed by atoms with E-state index in [1.165, 1.54) is 6.07 Å². The van der Waals surface area contributed by atoms with E-state index in [-0.39, 0.29) is 12.5 Å². The average Bonchev–Trinajstić information content (AvgIpc) is 3.12. The zero-order chi connectivity index (χ0) is 20.3. The molecule has 7 heteroatoms. The van der Waals surface area contributed by atoms with Crippen LogP contribution in [-0.2, 0) is 0 Å². The number of carbonyl (C=O) groups is 1. The fraction of sp³-hybridized carbons (Fsp3) is 0.364. The van der Waals surface area contributed by atoms with E-state index in [1.54, 1.807) is 12.1 Å². The van der Waals surface area contributed by atoms with Gasteiger partial charge in [0.2, 0.25) is 0 Å². The van der Waals surface area contributed by atoms with Crippen LogP contribution in [0.4, 0.5) is 0 Å². The molecule has 29 heavy (non-hydrogen) atoms. The highest BCUT2D eigenvalue weighted by atomic mass is 16.5. The standard InChI is InChI=1S/C22H24N2O5/c25-20(16-6-7-18-19(12-16)29-21(26)24-18)23-14-22(27)10-8-15(9-11-22)13-28-17-4-2-1-3-5-17/h1-7,12,15,27H,8-11,13-14H2,(H,23,25)(H,24,26)/t15-,22+. The number of aliphatic hydroxyl groups is 1. The van der Waals surface area contributed by atoms with Crippen molar-refractivity contribution in [1.29, 1.82) is 0 Å². The molecule has 3 aromatic rings. The lowest BCUT2D eigenvalue weighted by molar-refractivity contribution is -0.0129. The summed E-state index contributed by atoms with van der Waals surface area (Å²) in [6.07, 6.45) is 2.92. The van der Waals surface area contributed by atoms with Gasteiger partial charge in [-0.05, 0) is 61.9 Å². The fourth-order valence-electron chi connectivity index (χ4n) is 3.72. The number of aromatic amines is 1. The minimum absolute atomic E-state index is 0.188. The van der Waals surface area contributed by atoms with Crippen LogP contribution in [0.25, 0.3) is 11.1 Å². The first-order valence-corrected chi connectivity index (χ1v) is 9.82. The van der Waals surface area contributed by atoms with Crippen LogP contribution in [0.15, 0.2) is 57.7 Å². The lowest BCUT2D eigenvalue weighted by Gasteiger charge is -2.36. The number of carbonyl (C=O) groups excluding carboxylic acids is 1. The summed E-state index contributed by atoms with van der Waals surface area (Å²) in [4.78, 5) is 26.2. The van der Waals surface area contributed by atoms with Crippen molar-refractivity contribution >= 4 is 17.0 Å². The zero-order valence-corrected chi connectivity index (χ0v) is 16.0.